The molecule has 142 valence electrons. The molecule has 2 atom stereocenters. The molecule has 1 saturated carbocycles. The van der Waals surface area contributed by atoms with E-state index in [1.807, 2.05) is 30.3 Å². The second-order valence-corrected chi connectivity index (χ2v) is 8.20. The zero-order valence-corrected chi connectivity index (χ0v) is 15.5. The fourth-order valence-corrected chi connectivity index (χ4v) is 4.45. The smallest absolute Gasteiger partial charge is 0.308 e. The third-order valence-corrected chi connectivity index (χ3v) is 6.08. The third kappa shape index (κ3) is 4.99. The standard InChI is InChI=1S/C19H21N3O4S/c23-19(24)17-8-4-5-9-18(17)22-27(25,26)16-12-10-15(11-13-16)21-20-14-6-2-1-3-7-14/h1-3,6-7,10-13,17-18,22H,4-5,8-9H2,(H,23,24)/t17-,18+/m1/s1. The normalized spacial score (nSPS) is 20.6. The summed E-state index contributed by atoms with van der Waals surface area (Å²) in [6.07, 6.45) is 2.63. The number of carbonyl (C=O) groups is 1. The highest BCUT2D eigenvalue weighted by Crippen LogP contribution is 2.27. The summed E-state index contributed by atoms with van der Waals surface area (Å²) in [5.41, 5.74) is 1.23. The van der Waals surface area contributed by atoms with Gasteiger partial charge >= 0.3 is 5.97 Å². The molecule has 0 unspecified atom stereocenters. The molecule has 1 fully saturated rings. The SMILES string of the molecule is O=C(O)[C@@H]1CCCC[C@@H]1NS(=O)(=O)c1ccc(N=Nc2ccccc2)cc1. The number of nitrogens with one attached hydrogen (secondary N) is 1. The van der Waals surface area contributed by atoms with Crippen molar-refractivity contribution in [3.05, 3.63) is 54.6 Å². The molecule has 27 heavy (non-hydrogen) atoms. The van der Waals surface area contributed by atoms with E-state index in [-0.39, 0.29) is 4.90 Å². The molecule has 2 N–H and O–H groups in total. The molecule has 0 aromatic heterocycles. The van der Waals surface area contributed by atoms with E-state index in [0.29, 0.717) is 24.2 Å². The van der Waals surface area contributed by atoms with Gasteiger partial charge in [0, 0.05) is 6.04 Å². The molecule has 0 spiro atoms. The number of nitrogens with zero attached hydrogens (tertiary/aromatic N) is 2. The van der Waals surface area contributed by atoms with E-state index >= 15 is 0 Å². The molecule has 0 heterocycles. The van der Waals surface area contributed by atoms with Gasteiger partial charge in [-0.2, -0.15) is 10.2 Å². The number of hydrogen-bond acceptors (Lipinski definition) is 5. The van der Waals surface area contributed by atoms with Gasteiger partial charge in [-0.25, -0.2) is 13.1 Å². The summed E-state index contributed by atoms with van der Waals surface area (Å²) >= 11 is 0. The predicted octanol–water partition coefficient (Wildman–Crippen LogP) is 4.02. The van der Waals surface area contributed by atoms with E-state index in [2.05, 4.69) is 15.0 Å². The van der Waals surface area contributed by atoms with Crippen molar-refractivity contribution >= 4 is 27.4 Å². The minimum absolute atomic E-state index is 0.0795. The largest absolute Gasteiger partial charge is 0.481 e. The van der Waals surface area contributed by atoms with Gasteiger partial charge in [-0.05, 0) is 49.2 Å². The first-order valence-electron chi connectivity index (χ1n) is 8.78. The highest BCUT2D eigenvalue weighted by atomic mass is 32.2. The van der Waals surface area contributed by atoms with Gasteiger partial charge in [0.15, 0.2) is 0 Å². The van der Waals surface area contributed by atoms with Crippen LogP contribution in [0.5, 0.6) is 0 Å². The number of aliphatic carboxylic acids is 1. The quantitative estimate of drug-likeness (QED) is 0.730. The van der Waals surface area contributed by atoms with Crippen LogP contribution >= 0.6 is 0 Å². The zero-order valence-electron chi connectivity index (χ0n) is 14.7. The summed E-state index contributed by atoms with van der Waals surface area (Å²) in [5, 5.41) is 17.5. The van der Waals surface area contributed by atoms with Gasteiger partial charge in [0.25, 0.3) is 0 Å². The highest BCUT2D eigenvalue weighted by Gasteiger charge is 2.33. The van der Waals surface area contributed by atoms with E-state index in [1.165, 1.54) is 12.1 Å². The van der Waals surface area contributed by atoms with Crippen molar-refractivity contribution in [2.75, 3.05) is 0 Å². The Bertz CT molecular complexity index is 912. The van der Waals surface area contributed by atoms with E-state index in [1.54, 1.807) is 12.1 Å². The first-order chi connectivity index (χ1) is 13.0. The lowest BCUT2D eigenvalue weighted by Gasteiger charge is -2.28. The van der Waals surface area contributed by atoms with Gasteiger partial charge in [0.2, 0.25) is 10.0 Å². The number of hydrogen-bond donors (Lipinski definition) is 2. The van der Waals surface area contributed by atoms with Gasteiger partial charge in [0.05, 0.1) is 22.2 Å². The Balaban J connectivity index is 1.71. The fraction of sp³-hybridized carbons (Fsp3) is 0.316. The molecule has 8 heteroatoms. The summed E-state index contributed by atoms with van der Waals surface area (Å²) in [4.78, 5) is 11.4. The van der Waals surface area contributed by atoms with E-state index in [0.717, 1.165) is 12.8 Å². The average molecular weight is 387 g/mol. The number of sulfonamides is 1. The van der Waals surface area contributed by atoms with Crippen LogP contribution in [0.25, 0.3) is 0 Å². The number of carboxylic acid groups (broad SMARTS) is 1. The number of benzene rings is 2. The van der Waals surface area contributed by atoms with Crippen molar-refractivity contribution in [1.82, 2.24) is 4.72 Å². The Morgan fingerprint density at radius 3 is 2.15 bits per heavy atom. The Labute approximate surface area is 158 Å². The molecule has 2 aromatic rings. The summed E-state index contributed by atoms with van der Waals surface area (Å²) in [6, 6.07) is 14.7. The summed E-state index contributed by atoms with van der Waals surface area (Å²) in [5.74, 6) is -1.65. The van der Waals surface area contributed by atoms with Gasteiger partial charge < -0.3 is 5.11 Å². The van der Waals surface area contributed by atoms with Crippen molar-refractivity contribution in [3.63, 3.8) is 0 Å². The second kappa shape index (κ2) is 8.41. The van der Waals surface area contributed by atoms with Gasteiger partial charge in [-0.3, -0.25) is 4.79 Å². The van der Waals surface area contributed by atoms with Crippen LogP contribution in [0.4, 0.5) is 11.4 Å². The molecule has 3 rings (SSSR count). The highest BCUT2D eigenvalue weighted by molar-refractivity contribution is 7.89. The molecule has 1 aliphatic rings. The maximum absolute atomic E-state index is 12.6. The predicted molar refractivity (Wildman–Crippen MR) is 101 cm³/mol. The molecule has 0 amide bonds. The minimum atomic E-state index is -3.80. The maximum atomic E-state index is 12.6. The molecule has 0 radical (unpaired) electrons. The van der Waals surface area contributed by atoms with E-state index in [4.69, 9.17) is 0 Å². The Hall–Kier alpha value is -2.58. The molecule has 0 aliphatic heterocycles. The topological polar surface area (TPSA) is 108 Å². The first-order valence-corrected chi connectivity index (χ1v) is 10.3. The van der Waals surface area contributed by atoms with Crippen LogP contribution in [0.15, 0.2) is 69.7 Å². The van der Waals surface area contributed by atoms with Crippen LogP contribution in [-0.2, 0) is 14.8 Å². The van der Waals surface area contributed by atoms with E-state index < -0.39 is 28.0 Å². The summed E-state index contributed by atoms with van der Waals surface area (Å²) in [6.45, 7) is 0. The lowest BCUT2D eigenvalue weighted by Crippen LogP contribution is -2.44. The Kier molecular flexibility index (Phi) is 5.98. The third-order valence-electron chi connectivity index (χ3n) is 4.57. The van der Waals surface area contributed by atoms with Crippen LogP contribution < -0.4 is 4.72 Å². The monoisotopic (exact) mass is 387 g/mol. The fourth-order valence-electron chi connectivity index (χ4n) is 3.14. The van der Waals surface area contributed by atoms with Crippen LogP contribution in [0.2, 0.25) is 0 Å². The van der Waals surface area contributed by atoms with Gasteiger partial charge in [-0.1, -0.05) is 31.0 Å². The molecule has 0 bridgehead atoms. The minimum Gasteiger partial charge on any atom is -0.481 e. The molecular formula is C19H21N3O4S. The second-order valence-electron chi connectivity index (χ2n) is 6.49. The van der Waals surface area contributed by atoms with Crippen molar-refractivity contribution in [1.29, 1.82) is 0 Å². The van der Waals surface area contributed by atoms with Crippen molar-refractivity contribution < 1.29 is 18.3 Å². The van der Waals surface area contributed by atoms with Crippen LogP contribution in [0, 0.1) is 5.92 Å². The Morgan fingerprint density at radius 2 is 1.52 bits per heavy atom. The maximum Gasteiger partial charge on any atom is 0.308 e. The molecule has 7 nitrogen and oxygen atoms in total. The van der Waals surface area contributed by atoms with Crippen molar-refractivity contribution in [3.8, 4) is 0 Å². The van der Waals surface area contributed by atoms with Crippen LogP contribution in [-0.4, -0.2) is 25.5 Å². The number of carboxylic acids is 1. The summed E-state index contributed by atoms with van der Waals surface area (Å²) in [7, 11) is -3.80. The van der Waals surface area contributed by atoms with Crippen LogP contribution in [0.3, 0.4) is 0 Å². The van der Waals surface area contributed by atoms with Crippen molar-refractivity contribution in [2.24, 2.45) is 16.1 Å². The number of azo groups is 1. The lowest BCUT2D eigenvalue weighted by molar-refractivity contribution is -0.143. The molecular weight excluding hydrogens is 366 g/mol. The molecule has 1 aliphatic carbocycles. The Morgan fingerprint density at radius 1 is 0.926 bits per heavy atom. The lowest BCUT2D eigenvalue weighted by atomic mass is 9.85. The molecule has 0 saturated heterocycles. The van der Waals surface area contributed by atoms with E-state index in [9.17, 15) is 18.3 Å². The van der Waals surface area contributed by atoms with Crippen LogP contribution in [0.1, 0.15) is 25.7 Å². The molecule has 2 aromatic carbocycles. The first kappa shape index (κ1) is 19.2. The number of rotatable bonds is 6. The van der Waals surface area contributed by atoms with Gasteiger partial charge in [0.1, 0.15) is 0 Å². The average Bonchev–Trinajstić information content (AvgIpc) is 2.67. The van der Waals surface area contributed by atoms with Crippen molar-refractivity contribution in [2.45, 2.75) is 36.6 Å². The zero-order chi connectivity index (χ0) is 19.3. The van der Waals surface area contributed by atoms with Gasteiger partial charge in [-0.15, -0.1) is 0 Å². The summed E-state index contributed by atoms with van der Waals surface area (Å²) < 4.78 is 27.8.